The molecular weight excluding hydrogens is 453 g/mol. The normalized spacial score (nSPS) is 18.1. The highest BCUT2D eigenvalue weighted by Crippen LogP contribution is 2.26. The molecule has 178 valence electrons. The Balaban J connectivity index is 1.60. The van der Waals surface area contributed by atoms with Gasteiger partial charge in [-0.1, -0.05) is 0 Å². The maximum absolute atomic E-state index is 13.1. The Morgan fingerprint density at radius 1 is 1.31 bits per heavy atom. The number of halogens is 3. The van der Waals surface area contributed by atoms with Gasteiger partial charge in [0.05, 0.1) is 29.7 Å². The standard InChI is InChI=1S/C18H25F3N6O4S/c1-3-25-10-16(13(2)24-25)32(29,30)27-6-4-5-14(8-27)17(28)23-15-7-22-26(9-15)12-31-11-18(19,20)21/h7,9-10,14H,3-6,8,11-12H2,1-2H3,(H,23,28)/t14-/m0/s1. The number of carbonyl (C=O) groups excluding carboxylic acids is 1. The zero-order valence-corrected chi connectivity index (χ0v) is 18.5. The molecule has 14 heteroatoms. The number of anilines is 1. The minimum Gasteiger partial charge on any atom is -0.350 e. The first kappa shape index (κ1) is 24.2. The molecule has 2 aromatic rings. The van der Waals surface area contributed by atoms with Gasteiger partial charge in [0, 0.05) is 25.8 Å². The van der Waals surface area contributed by atoms with Crippen molar-refractivity contribution in [3.8, 4) is 0 Å². The van der Waals surface area contributed by atoms with E-state index in [0.717, 1.165) is 4.68 Å². The van der Waals surface area contributed by atoms with Crippen molar-refractivity contribution in [1.29, 1.82) is 0 Å². The molecule has 1 atom stereocenters. The molecule has 1 amide bonds. The molecule has 0 spiro atoms. The van der Waals surface area contributed by atoms with E-state index in [1.807, 2.05) is 6.92 Å². The lowest BCUT2D eigenvalue weighted by molar-refractivity contribution is -0.182. The zero-order chi connectivity index (χ0) is 23.5. The predicted octanol–water partition coefficient (Wildman–Crippen LogP) is 1.98. The van der Waals surface area contributed by atoms with Gasteiger partial charge in [0.25, 0.3) is 0 Å². The molecule has 0 bridgehead atoms. The lowest BCUT2D eigenvalue weighted by atomic mass is 9.99. The summed E-state index contributed by atoms with van der Waals surface area (Å²) in [6.07, 6.45) is 0.703. The van der Waals surface area contributed by atoms with Gasteiger partial charge in [0.15, 0.2) is 0 Å². The van der Waals surface area contributed by atoms with Gasteiger partial charge in [-0.25, -0.2) is 13.1 Å². The van der Waals surface area contributed by atoms with Gasteiger partial charge in [0.2, 0.25) is 15.9 Å². The van der Waals surface area contributed by atoms with E-state index in [1.54, 1.807) is 11.6 Å². The number of sulfonamides is 1. The van der Waals surface area contributed by atoms with Crippen LogP contribution >= 0.6 is 0 Å². The maximum atomic E-state index is 13.1. The summed E-state index contributed by atoms with van der Waals surface area (Å²) in [6.45, 7) is 2.52. The van der Waals surface area contributed by atoms with Crippen LogP contribution in [0.25, 0.3) is 0 Å². The number of aryl methyl sites for hydroxylation is 2. The highest BCUT2D eigenvalue weighted by atomic mass is 32.2. The van der Waals surface area contributed by atoms with Crippen molar-refractivity contribution >= 4 is 21.6 Å². The molecular formula is C18H25F3N6O4S. The average Bonchev–Trinajstić information content (AvgIpc) is 3.33. The number of nitrogens with one attached hydrogen (secondary N) is 1. The third-order valence-electron chi connectivity index (χ3n) is 4.99. The number of nitrogens with zero attached hydrogens (tertiary/aromatic N) is 5. The topological polar surface area (TPSA) is 111 Å². The molecule has 0 radical (unpaired) electrons. The minimum absolute atomic E-state index is 0.0216. The number of hydrogen-bond acceptors (Lipinski definition) is 6. The van der Waals surface area contributed by atoms with Crippen LogP contribution in [0.4, 0.5) is 18.9 Å². The molecule has 3 heterocycles. The van der Waals surface area contributed by atoms with Crippen LogP contribution in [0.15, 0.2) is 23.5 Å². The molecule has 0 unspecified atom stereocenters. The third kappa shape index (κ3) is 5.86. The lowest BCUT2D eigenvalue weighted by Crippen LogP contribution is -2.43. The molecule has 32 heavy (non-hydrogen) atoms. The Morgan fingerprint density at radius 3 is 2.72 bits per heavy atom. The van der Waals surface area contributed by atoms with Crippen molar-refractivity contribution in [1.82, 2.24) is 23.9 Å². The van der Waals surface area contributed by atoms with Gasteiger partial charge in [-0.05, 0) is 26.7 Å². The summed E-state index contributed by atoms with van der Waals surface area (Å²) < 4.78 is 71.0. The average molecular weight is 478 g/mol. The van der Waals surface area contributed by atoms with Crippen LogP contribution in [-0.4, -0.2) is 64.1 Å². The largest absolute Gasteiger partial charge is 0.411 e. The number of amides is 1. The smallest absolute Gasteiger partial charge is 0.350 e. The van der Waals surface area contributed by atoms with Crippen molar-refractivity contribution < 1.29 is 31.1 Å². The maximum Gasteiger partial charge on any atom is 0.411 e. The van der Waals surface area contributed by atoms with Crippen molar-refractivity contribution in [3.63, 3.8) is 0 Å². The Morgan fingerprint density at radius 2 is 2.06 bits per heavy atom. The second kappa shape index (κ2) is 9.58. The fourth-order valence-corrected chi connectivity index (χ4v) is 5.12. The van der Waals surface area contributed by atoms with Crippen molar-refractivity contribution in [2.75, 3.05) is 25.0 Å². The third-order valence-corrected chi connectivity index (χ3v) is 6.96. The van der Waals surface area contributed by atoms with Crippen LogP contribution in [0.1, 0.15) is 25.5 Å². The fraction of sp³-hybridized carbons (Fsp3) is 0.611. The Kier molecular flexibility index (Phi) is 7.25. The highest BCUT2D eigenvalue weighted by molar-refractivity contribution is 7.89. The van der Waals surface area contributed by atoms with E-state index in [1.165, 1.54) is 22.9 Å². The van der Waals surface area contributed by atoms with Gasteiger partial charge in [-0.3, -0.25) is 9.48 Å². The number of alkyl halides is 3. The van der Waals surface area contributed by atoms with Crippen molar-refractivity contribution in [3.05, 3.63) is 24.3 Å². The van der Waals surface area contributed by atoms with Crippen molar-refractivity contribution in [2.45, 2.75) is 51.0 Å². The number of ether oxygens (including phenoxy) is 1. The Labute approximate surface area is 183 Å². The van der Waals surface area contributed by atoms with Crippen LogP contribution in [0.2, 0.25) is 0 Å². The van der Waals surface area contributed by atoms with Gasteiger partial charge in [0.1, 0.15) is 18.2 Å². The number of aromatic nitrogens is 4. The van der Waals surface area contributed by atoms with E-state index in [4.69, 9.17) is 0 Å². The van der Waals surface area contributed by atoms with Crippen LogP contribution in [0.3, 0.4) is 0 Å². The molecule has 1 saturated heterocycles. The summed E-state index contributed by atoms with van der Waals surface area (Å²) in [4.78, 5) is 12.8. The Hall–Kier alpha value is -2.45. The summed E-state index contributed by atoms with van der Waals surface area (Å²) in [5.41, 5.74) is 0.684. The minimum atomic E-state index is -4.44. The van der Waals surface area contributed by atoms with Gasteiger partial charge >= 0.3 is 6.18 Å². The monoisotopic (exact) mass is 478 g/mol. The van der Waals surface area contributed by atoms with Gasteiger partial charge in [-0.2, -0.15) is 27.7 Å². The van der Waals surface area contributed by atoms with Crippen LogP contribution in [-0.2, 0) is 32.8 Å². The second-order valence-corrected chi connectivity index (χ2v) is 9.39. The molecule has 1 fully saturated rings. The molecule has 1 aliphatic rings. The number of carbonyl (C=O) groups is 1. The second-order valence-electron chi connectivity index (χ2n) is 7.49. The van der Waals surface area contributed by atoms with Crippen LogP contribution in [0, 0.1) is 12.8 Å². The molecule has 0 saturated carbocycles. The van der Waals surface area contributed by atoms with Crippen molar-refractivity contribution in [2.24, 2.45) is 5.92 Å². The van der Waals surface area contributed by atoms with Gasteiger partial charge in [-0.15, -0.1) is 0 Å². The molecule has 10 nitrogen and oxygen atoms in total. The molecule has 1 aliphatic heterocycles. The lowest BCUT2D eigenvalue weighted by Gasteiger charge is -2.30. The SMILES string of the molecule is CCn1cc(S(=O)(=O)N2CCC[C@H](C(=O)Nc3cnn(COCC(F)(F)F)c3)C2)c(C)n1. The van der Waals surface area contributed by atoms with E-state index in [-0.39, 0.29) is 23.0 Å². The van der Waals surface area contributed by atoms with Gasteiger partial charge < -0.3 is 10.1 Å². The van der Waals surface area contributed by atoms with Crippen LogP contribution in [0.5, 0.6) is 0 Å². The fourth-order valence-electron chi connectivity index (χ4n) is 3.43. The summed E-state index contributed by atoms with van der Waals surface area (Å²) in [7, 11) is -3.79. The first-order valence-corrected chi connectivity index (χ1v) is 11.5. The quantitative estimate of drug-likeness (QED) is 0.621. The van der Waals surface area contributed by atoms with E-state index in [0.29, 0.717) is 31.6 Å². The van der Waals surface area contributed by atoms with E-state index >= 15 is 0 Å². The molecule has 3 rings (SSSR count). The van der Waals surface area contributed by atoms with E-state index < -0.39 is 35.5 Å². The summed E-state index contributed by atoms with van der Waals surface area (Å²) in [5.74, 6) is -0.966. The number of rotatable bonds is 8. The number of piperidine rings is 1. The summed E-state index contributed by atoms with van der Waals surface area (Å²) >= 11 is 0. The Bertz CT molecular complexity index is 1050. The van der Waals surface area contributed by atoms with E-state index in [9.17, 15) is 26.4 Å². The first-order chi connectivity index (χ1) is 15.0. The molecule has 2 aromatic heterocycles. The van der Waals surface area contributed by atoms with Crippen LogP contribution < -0.4 is 5.32 Å². The summed E-state index contributed by atoms with van der Waals surface area (Å²) in [6, 6.07) is 0. The number of hydrogen-bond donors (Lipinski definition) is 1. The summed E-state index contributed by atoms with van der Waals surface area (Å²) in [5, 5.41) is 10.7. The molecule has 0 aliphatic carbocycles. The predicted molar refractivity (Wildman–Crippen MR) is 107 cm³/mol. The van der Waals surface area contributed by atoms with E-state index in [2.05, 4.69) is 20.3 Å². The molecule has 0 aromatic carbocycles. The molecule has 1 N–H and O–H groups in total. The first-order valence-electron chi connectivity index (χ1n) is 10.0. The zero-order valence-electron chi connectivity index (χ0n) is 17.7. The highest BCUT2D eigenvalue weighted by Gasteiger charge is 2.35.